The van der Waals surface area contributed by atoms with Crippen molar-refractivity contribution in [2.75, 3.05) is 0 Å². The molecule has 0 fully saturated rings. The van der Waals surface area contributed by atoms with Gasteiger partial charge in [0.15, 0.2) is 4.90 Å². The summed E-state index contributed by atoms with van der Waals surface area (Å²) in [6.07, 6.45) is 0.913. The van der Waals surface area contributed by atoms with Gasteiger partial charge in [0.25, 0.3) is 5.56 Å². The Balaban J connectivity index is 2.37. The molecule has 0 aliphatic rings. The van der Waals surface area contributed by atoms with Crippen LogP contribution in [0.3, 0.4) is 0 Å². The molecule has 0 saturated carbocycles. The highest BCUT2D eigenvalue weighted by Gasteiger charge is 2.23. The van der Waals surface area contributed by atoms with Gasteiger partial charge >= 0.3 is 15.8 Å². The predicted octanol–water partition coefficient (Wildman–Crippen LogP) is -1.12. The van der Waals surface area contributed by atoms with E-state index in [4.69, 9.17) is 9.92 Å². The maximum atomic E-state index is 12.3. The van der Waals surface area contributed by atoms with Gasteiger partial charge in [-0.1, -0.05) is 12.1 Å². The van der Waals surface area contributed by atoms with Crippen LogP contribution in [0.4, 0.5) is 0 Å². The van der Waals surface area contributed by atoms with Gasteiger partial charge in [-0.2, -0.15) is 8.42 Å². The van der Waals surface area contributed by atoms with E-state index in [0.29, 0.717) is 10.1 Å². The number of hydrogen-bond acceptors (Lipinski definition) is 6. The van der Waals surface area contributed by atoms with Gasteiger partial charge in [-0.3, -0.25) is 14.2 Å². The van der Waals surface area contributed by atoms with Crippen LogP contribution in [0.15, 0.2) is 44.9 Å². The number of nitrogens with two attached hydrogens (primary N) is 1. The Morgan fingerprint density at radius 2 is 1.75 bits per heavy atom. The van der Waals surface area contributed by atoms with Crippen molar-refractivity contribution in [3.63, 3.8) is 0 Å². The van der Waals surface area contributed by atoms with E-state index >= 15 is 0 Å². The molecule has 0 aliphatic carbocycles. The number of benzene rings is 1. The zero-order chi connectivity index (χ0) is 18.1. The zero-order valence-electron chi connectivity index (χ0n) is 12.9. The van der Waals surface area contributed by atoms with Gasteiger partial charge in [-0.05, 0) is 17.7 Å². The highest BCUT2D eigenvalue weighted by atomic mass is 32.2. The van der Waals surface area contributed by atoms with Gasteiger partial charge in [0.05, 0.1) is 6.42 Å². The number of nitrogens with zero attached hydrogens (tertiary/aromatic N) is 2. The summed E-state index contributed by atoms with van der Waals surface area (Å²) in [6, 6.07) is 5.63. The fraction of sp³-hybridized carbons (Fsp3) is 0.214. The third kappa shape index (κ3) is 3.54. The molecule has 24 heavy (non-hydrogen) atoms. The van der Waals surface area contributed by atoms with Gasteiger partial charge in [0.1, 0.15) is 5.75 Å². The Kier molecular flexibility index (Phi) is 4.60. The molecule has 128 valence electrons. The van der Waals surface area contributed by atoms with Gasteiger partial charge in [0, 0.05) is 20.3 Å². The highest BCUT2D eigenvalue weighted by Crippen LogP contribution is 2.17. The van der Waals surface area contributed by atoms with Crippen LogP contribution in [0.25, 0.3) is 0 Å². The molecule has 0 spiro atoms. The number of carbonyl (C=O) groups excluding carboxylic acids is 1. The molecule has 1 aromatic heterocycles. The van der Waals surface area contributed by atoms with E-state index in [1.165, 1.54) is 38.4 Å². The Morgan fingerprint density at radius 1 is 1.17 bits per heavy atom. The lowest BCUT2D eigenvalue weighted by atomic mass is 10.1. The second-order valence-electron chi connectivity index (χ2n) is 5.08. The Hall–Kier alpha value is -2.88. The molecule has 2 rings (SSSR count). The number of aromatic nitrogens is 2. The molecule has 1 amide bonds. The van der Waals surface area contributed by atoms with E-state index < -0.39 is 32.2 Å². The van der Waals surface area contributed by atoms with Crippen LogP contribution in [0.2, 0.25) is 0 Å². The average molecular weight is 353 g/mol. The average Bonchev–Trinajstić information content (AvgIpc) is 2.50. The Morgan fingerprint density at radius 3 is 2.29 bits per heavy atom. The third-order valence-corrected chi connectivity index (χ3v) is 4.42. The molecule has 10 heteroatoms. The summed E-state index contributed by atoms with van der Waals surface area (Å²) in [4.78, 5) is 33.8. The molecule has 0 saturated heterocycles. The minimum Gasteiger partial charge on any atom is -0.379 e. The van der Waals surface area contributed by atoms with Crippen molar-refractivity contribution in [1.82, 2.24) is 9.13 Å². The van der Waals surface area contributed by atoms with Crippen LogP contribution >= 0.6 is 0 Å². The number of hydrogen-bond donors (Lipinski definition) is 1. The van der Waals surface area contributed by atoms with Crippen LogP contribution in [-0.2, 0) is 35.4 Å². The van der Waals surface area contributed by atoms with Crippen molar-refractivity contribution in [2.45, 2.75) is 11.3 Å². The summed E-state index contributed by atoms with van der Waals surface area (Å²) in [7, 11) is -1.94. The number of amides is 1. The van der Waals surface area contributed by atoms with Crippen LogP contribution in [0.5, 0.6) is 5.75 Å². The molecule has 1 heterocycles. The minimum absolute atomic E-state index is 0.00830. The van der Waals surface area contributed by atoms with Crippen molar-refractivity contribution in [1.29, 1.82) is 0 Å². The van der Waals surface area contributed by atoms with E-state index in [-0.39, 0.29) is 12.2 Å². The lowest BCUT2D eigenvalue weighted by Crippen LogP contribution is -2.39. The van der Waals surface area contributed by atoms with Crippen LogP contribution in [-0.4, -0.2) is 23.5 Å². The topological polar surface area (TPSA) is 130 Å². The fourth-order valence-corrected chi connectivity index (χ4v) is 3.07. The van der Waals surface area contributed by atoms with Gasteiger partial charge in [0.2, 0.25) is 5.91 Å². The zero-order valence-corrected chi connectivity index (χ0v) is 13.7. The molecule has 0 aliphatic heterocycles. The summed E-state index contributed by atoms with van der Waals surface area (Å²) in [6.45, 7) is 0. The first-order chi connectivity index (χ1) is 11.1. The van der Waals surface area contributed by atoms with E-state index in [1.54, 1.807) is 0 Å². The highest BCUT2D eigenvalue weighted by molar-refractivity contribution is 7.87. The van der Waals surface area contributed by atoms with Crippen molar-refractivity contribution in [2.24, 2.45) is 19.8 Å². The summed E-state index contributed by atoms with van der Waals surface area (Å²) in [5, 5.41) is 0. The molecule has 2 N–H and O–H groups in total. The smallest absolute Gasteiger partial charge is 0.346 e. The van der Waals surface area contributed by atoms with Gasteiger partial charge < -0.3 is 14.5 Å². The standard InChI is InChI=1S/C14H15N3O6S/c1-16-8-11(13(19)17(2)14(16)20)24(21,22)23-10-5-3-9(4-6-10)7-12(15)18/h3-6,8H,7H2,1-2H3,(H2,15,18). The SMILES string of the molecule is Cn1cc(S(=O)(=O)Oc2ccc(CC(N)=O)cc2)c(=O)n(C)c1=O. The Bertz CT molecular complexity index is 1000. The quantitative estimate of drug-likeness (QED) is 0.678. The number of aryl methyl sites for hydroxylation is 1. The molecule has 0 unspecified atom stereocenters. The largest absolute Gasteiger partial charge is 0.379 e. The first kappa shape index (κ1) is 17.5. The molecule has 0 radical (unpaired) electrons. The van der Waals surface area contributed by atoms with E-state index in [9.17, 15) is 22.8 Å². The van der Waals surface area contributed by atoms with Gasteiger partial charge in [-0.25, -0.2) is 4.79 Å². The number of rotatable bonds is 5. The summed E-state index contributed by atoms with van der Waals surface area (Å²) in [5.74, 6) is -0.566. The lowest BCUT2D eigenvalue weighted by Gasteiger charge is -2.09. The maximum absolute atomic E-state index is 12.3. The Labute approximate surface area is 137 Å². The number of primary amides is 1. The van der Waals surface area contributed by atoms with Crippen molar-refractivity contribution in [3.05, 3.63) is 56.9 Å². The first-order valence-electron chi connectivity index (χ1n) is 6.70. The van der Waals surface area contributed by atoms with Crippen LogP contribution < -0.4 is 21.2 Å². The van der Waals surface area contributed by atoms with E-state index in [0.717, 1.165) is 10.8 Å². The lowest BCUT2D eigenvalue weighted by molar-refractivity contribution is -0.117. The molecular formula is C14H15N3O6S. The molecule has 1 aromatic carbocycles. The van der Waals surface area contributed by atoms with Crippen molar-refractivity contribution < 1.29 is 17.4 Å². The molecule has 0 atom stereocenters. The molecule has 9 nitrogen and oxygen atoms in total. The third-order valence-electron chi connectivity index (χ3n) is 3.19. The second kappa shape index (κ2) is 6.32. The maximum Gasteiger partial charge on any atom is 0.346 e. The fourth-order valence-electron chi connectivity index (χ4n) is 1.98. The van der Waals surface area contributed by atoms with Gasteiger partial charge in [-0.15, -0.1) is 0 Å². The number of carbonyl (C=O) groups is 1. The minimum atomic E-state index is -4.43. The summed E-state index contributed by atoms with van der Waals surface area (Å²) < 4.78 is 31.1. The normalized spacial score (nSPS) is 11.2. The molecular weight excluding hydrogens is 338 g/mol. The summed E-state index contributed by atoms with van der Waals surface area (Å²) >= 11 is 0. The van der Waals surface area contributed by atoms with E-state index in [1.807, 2.05) is 0 Å². The monoisotopic (exact) mass is 353 g/mol. The van der Waals surface area contributed by atoms with Crippen LogP contribution in [0.1, 0.15) is 5.56 Å². The van der Waals surface area contributed by atoms with Crippen molar-refractivity contribution in [3.8, 4) is 5.75 Å². The van der Waals surface area contributed by atoms with Crippen LogP contribution in [0, 0.1) is 0 Å². The first-order valence-corrected chi connectivity index (χ1v) is 8.11. The molecule has 0 bridgehead atoms. The summed E-state index contributed by atoms with van der Waals surface area (Å²) in [5.41, 5.74) is 4.01. The van der Waals surface area contributed by atoms with E-state index in [2.05, 4.69) is 0 Å². The van der Waals surface area contributed by atoms with Crippen molar-refractivity contribution >= 4 is 16.0 Å². The molecule has 2 aromatic rings. The predicted molar refractivity (Wildman–Crippen MR) is 84.1 cm³/mol. The second-order valence-corrected chi connectivity index (χ2v) is 6.59.